The SMILES string of the molecule is Cc1ccc(S(=O)(=O)Nc2ccc(C(=O)OC(C)c3nnc(-c4cccs4)o3)cc2)cc1C. The van der Waals surface area contributed by atoms with Gasteiger partial charge in [0.25, 0.3) is 21.8 Å². The molecule has 2 heterocycles. The Balaban J connectivity index is 1.41. The zero-order valence-electron chi connectivity index (χ0n) is 18.1. The third-order valence-electron chi connectivity index (χ3n) is 4.97. The first-order valence-corrected chi connectivity index (χ1v) is 12.4. The fraction of sp³-hybridized carbons (Fsp3) is 0.174. The van der Waals surface area contributed by atoms with Crippen molar-refractivity contribution < 1.29 is 22.4 Å². The molecule has 0 radical (unpaired) electrons. The molecule has 4 rings (SSSR count). The van der Waals surface area contributed by atoms with Gasteiger partial charge in [-0.05, 0) is 79.7 Å². The molecule has 1 atom stereocenters. The molecular weight excluding hydrogens is 462 g/mol. The Morgan fingerprint density at radius 1 is 1.06 bits per heavy atom. The molecule has 0 aliphatic heterocycles. The average Bonchev–Trinajstić information content (AvgIpc) is 3.48. The molecular formula is C23H21N3O5S2. The van der Waals surface area contributed by atoms with Gasteiger partial charge in [-0.1, -0.05) is 12.1 Å². The molecule has 0 spiro atoms. The van der Waals surface area contributed by atoms with Crippen LogP contribution < -0.4 is 4.72 Å². The van der Waals surface area contributed by atoms with Crippen LogP contribution in [0.25, 0.3) is 10.8 Å². The number of thiophene rings is 1. The number of aromatic nitrogens is 2. The lowest BCUT2D eigenvalue weighted by Crippen LogP contribution is -2.14. The second kappa shape index (κ2) is 9.16. The van der Waals surface area contributed by atoms with Gasteiger partial charge in [-0.2, -0.15) is 0 Å². The van der Waals surface area contributed by atoms with Crippen LogP contribution in [0.2, 0.25) is 0 Å². The van der Waals surface area contributed by atoms with E-state index < -0.39 is 22.1 Å². The van der Waals surface area contributed by atoms with Crippen LogP contribution in [-0.4, -0.2) is 24.6 Å². The highest BCUT2D eigenvalue weighted by Gasteiger charge is 2.21. The van der Waals surface area contributed by atoms with Crippen molar-refractivity contribution in [3.05, 3.63) is 82.6 Å². The number of carbonyl (C=O) groups is 1. The van der Waals surface area contributed by atoms with E-state index in [9.17, 15) is 13.2 Å². The number of esters is 1. The lowest BCUT2D eigenvalue weighted by atomic mass is 10.1. The van der Waals surface area contributed by atoms with Crippen LogP contribution in [-0.2, 0) is 14.8 Å². The number of benzene rings is 2. The summed E-state index contributed by atoms with van der Waals surface area (Å²) in [6.07, 6.45) is -0.748. The molecule has 0 saturated heterocycles. The Hall–Kier alpha value is -3.50. The Kier molecular flexibility index (Phi) is 6.30. The molecule has 0 fully saturated rings. The predicted molar refractivity (Wildman–Crippen MR) is 125 cm³/mol. The summed E-state index contributed by atoms with van der Waals surface area (Å²) < 4.78 is 38.8. The third kappa shape index (κ3) is 5.12. The van der Waals surface area contributed by atoms with E-state index in [0.717, 1.165) is 16.0 Å². The van der Waals surface area contributed by atoms with Crippen LogP contribution in [0.1, 0.15) is 40.4 Å². The predicted octanol–water partition coefficient (Wildman–Crippen LogP) is 5.13. The van der Waals surface area contributed by atoms with Crippen LogP contribution in [0.3, 0.4) is 0 Å². The van der Waals surface area contributed by atoms with E-state index in [1.165, 1.54) is 35.6 Å². The summed E-state index contributed by atoms with van der Waals surface area (Å²) in [4.78, 5) is 13.5. The Morgan fingerprint density at radius 2 is 1.82 bits per heavy atom. The minimum Gasteiger partial charge on any atom is -0.449 e. The fourth-order valence-electron chi connectivity index (χ4n) is 2.95. The first kappa shape index (κ1) is 22.7. The quantitative estimate of drug-likeness (QED) is 0.363. The highest BCUT2D eigenvalue weighted by molar-refractivity contribution is 7.92. The smallest absolute Gasteiger partial charge is 0.338 e. The zero-order chi connectivity index (χ0) is 23.6. The first-order valence-electron chi connectivity index (χ1n) is 10.0. The van der Waals surface area contributed by atoms with Gasteiger partial charge in [0.05, 0.1) is 15.3 Å². The molecule has 33 heavy (non-hydrogen) atoms. The molecule has 1 N–H and O–H groups in total. The van der Waals surface area contributed by atoms with Gasteiger partial charge in [-0.25, -0.2) is 13.2 Å². The molecule has 8 nitrogen and oxygen atoms in total. The van der Waals surface area contributed by atoms with Gasteiger partial charge in [0, 0.05) is 5.69 Å². The molecule has 2 aromatic heterocycles. The number of hydrogen-bond acceptors (Lipinski definition) is 8. The number of rotatable bonds is 7. The minimum atomic E-state index is -3.75. The monoisotopic (exact) mass is 483 g/mol. The fourth-order valence-corrected chi connectivity index (χ4v) is 4.73. The highest BCUT2D eigenvalue weighted by Crippen LogP contribution is 2.26. The Bertz CT molecular complexity index is 1380. The highest BCUT2D eigenvalue weighted by atomic mass is 32.2. The van der Waals surface area contributed by atoms with Gasteiger partial charge >= 0.3 is 5.97 Å². The number of sulfonamides is 1. The van der Waals surface area contributed by atoms with E-state index in [0.29, 0.717) is 11.6 Å². The van der Waals surface area contributed by atoms with Crippen LogP contribution in [0.15, 0.2) is 69.3 Å². The molecule has 0 amide bonds. The molecule has 2 aromatic carbocycles. The summed E-state index contributed by atoms with van der Waals surface area (Å²) in [6.45, 7) is 5.40. The lowest BCUT2D eigenvalue weighted by Gasteiger charge is -2.11. The van der Waals surface area contributed by atoms with Gasteiger partial charge in [0.1, 0.15) is 0 Å². The van der Waals surface area contributed by atoms with Crippen LogP contribution >= 0.6 is 11.3 Å². The van der Waals surface area contributed by atoms with Crippen molar-refractivity contribution in [2.24, 2.45) is 0 Å². The van der Waals surface area contributed by atoms with Gasteiger partial charge in [0.15, 0.2) is 6.10 Å². The van der Waals surface area contributed by atoms with Gasteiger partial charge < -0.3 is 9.15 Å². The normalized spacial score (nSPS) is 12.3. The van der Waals surface area contributed by atoms with E-state index in [1.54, 1.807) is 25.1 Å². The van der Waals surface area contributed by atoms with E-state index in [-0.39, 0.29) is 16.3 Å². The second-order valence-corrected chi connectivity index (χ2v) is 10.0. The van der Waals surface area contributed by atoms with Crippen LogP contribution in [0.5, 0.6) is 0 Å². The number of nitrogens with one attached hydrogen (secondary N) is 1. The summed E-state index contributed by atoms with van der Waals surface area (Å²) in [6, 6.07) is 14.6. The lowest BCUT2D eigenvalue weighted by molar-refractivity contribution is 0.0280. The molecule has 170 valence electrons. The van der Waals surface area contributed by atoms with Crippen molar-refractivity contribution in [1.82, 2.24) is 10.2 Å². The third-order valence-corrected chi connectivity index (χ3v) is 7.20. The molecule has 4 aromatic rings. The largest absolute Gasteiger partial charge is 0.449 e. The Labute approximate surface area is 195 Å². The van der Waals surface area contributed by atoms with E-state index in [4.69, 9.17) is 9.15 Å². The topological polar surface area (TPSA) is 111 Å². The van der Waals surface area contributed by atoms with Gasteiger partial charge in [-0.15, -0.1) is 21.5 Å². The first-order chi connectivity index (χ1) is 15.7. The van der Waals surface area contributed by atoms with Crippen LogP contribution in [0.4, 0.5) is 5.69 Å². The van der Waals surface area contributed by atoms with Gasteiger partial charge in [0.2, 0.25) is 0 Å². The molecule has 1 unspecified atom stereocenters. The maximum absolute atomic E-state index is 12.6. The number of anilines is 1. The minimum absolute atomic E-state index is 0.171. The van der Waals surface area contributed by atoms with Crippen molar-refractivity contribution in [2.45, 2.75) is 31.8 Å². The molecule has 10 heteroatoms. The van der Waals surface area contributed by atoms with E-state index in [2.05, 4.69) is 14.9 Å². The summed E-state index contributed by atoms with van der Waals surface area (Å²) in [5.74, 6) is -0.0465. The summed E-state index contributed by atoms with van der Waals surface area (Å²) in [5, 5.41) is 9.82. The summed E-state index contributed by atoms with van der Waals surface area (Å²) in [5.41, 5.74) is 2.48. The number of nitrogens with zero attached hydrogens (tertiary/aromatic N) is 2. The molecule has 0 aliphatic carbocycles. The van der Waals surface area contributed by atoms with E-state index in [1.807, 2.05) is 31.4 Å². The zero-order valence-corrected chi connectivity index (χ0v) is 19.7. The maximum atomic E-state index is 12.6. The number of carbonyl (C=O) groups excluding carboxylic acids is 1. The maximum Gasteiger partial charge on any atom is 0.338 e. The average molecular weight is 484 g/mol. The second-order valence-electron chi connectivity index (χ2n) is 7.40. The summed E-state index contributed by atoms with van der Waals surface area (Å²) >= 11 is 1.46. The van der Waals surface area contributed by atoms with Crippen LogP contribution in [0, 0.1) is 13.8 Å². The number of hydrogen-bond donors (Lipinski definition) is 1. The summed E-state index contributed by atoms with van der Waals surface area (Å²) in [7, 11) is -3.75. The van der Waals surface area contributed by atoms with Gasteiger partial charge in [-0.3, -0.25) is 4.72 Å². The van der Waals surface area contributed by atoms with Crippen molar-refractivity contribution >= 4 is 33.0 Å². The van der Waals surface area contributed by atoms with E-state index >= 15 is 0 Å². The van der Waals surface area contributed by atoms with Crippen molar-refractivity contribution in [3.63, 3.8) is 0 Å². The molecule has 0 aliphatic rings. The van der Waals surface area contributed by atoms with Crippen molar-refractivity contribution in [2.75, 3.05) is 4.72 Å². The Morgan fingerprint density at radius 3 is 2.48 bits per heavy atom. The van der Waals surface area contributed by atoms with Crippen molar-refractivity contribution in [3.8, 4) is 10.8 Å². The molecule has 0 bridgehead atoms. The van der Waals surface area contributed by atoms with Crippen molar-refractivity contribution in [1.29, 1.82) is 0 Å². The standard InChI is InChI=1S/C23H21N3O5S2/c1-14-6-11-19(13-15(14)2)33(28,29)26-18-9-7-17(8-10-18)23(27)30-16(3)21-24-25-22(31-21)20-5-4-12-32-20/h4-13,16,26H,1-3H3. The molecule has 0 saturated carbocycles. The number of aryl methyl sites for hydroxylation is 2. The number of ether oxygens (including phenoxy) is 1.